The van der Waals surface area contributed by atoms with Crippen LogP contribution >= 0.6 is 23.2 Å². The van der Waals surface area contributed by atoms with Crippen LogP contribution in [0.3, 0.4) is 0 Å². The summed E-state index contributed by atoms with van der Waals surface area (Å²) in [5.41, 5.74) is 9.48. The van der Waals surface area contributed by atoms with Gasteiger partial charge in [0.05, 0.1) is 26.8 Å². The number of hydrogen-bond donors (Lipinski definition) is 2. The highest BCUT2D eigenvalue weighted by Gasteiger charge is 2.20. The van der Waals surface area contributed by atoms with Crippen LogP contribution in [0, 0.1) is 0 Å². The topological polar surface area (TPSA) is 84.9 Å². The lowest BCUT2D eigenvalue weighted by Gasteiger charge is -2.26. The number of piperidine rings is 1. The molecule has 2 aromatic carbocycles. The standard InChI is InChI=1S/C24H25Cl2N7/c25-18-10-9-17(15-19(18)26)33-22(27)20-21(16-7-3-1-4-8-16)29-24(30-23(20)31-33)28-11-14-32-12-5-2-6-13-32/h1,3-4,7-10,15H,2,5-6,11-14,27H2,(H,28,30,31). The van der Waals surface area contributed by atoms with Crippen molar-refractivity contribution in [2.45, 2.75) is 19.3 Å². The van der Waals surface area contributed by atoms with E-state index in [9.17, 15) is 0 Å². The first kappa shape index (κ1) is 21.9. The molecule has 0 aliphatic carbocycles. The molecule has 0 spiro atoms. The van der Waals surface area contributed by atoms with Gasteiger partial charge in [0.25, 0.3) is 0 Å². The summed E-state index contributed by atoms with van der Waals surface area (Å²) >= 11 is 12.3. The zero-order chi connectivity index (χ0) is 22.8. The van der Waals surface area contributed by atoms with Crippen molar-refractivity contribution in [1.82, 2.24) is 24.6 Å². The third-order valence-corrected chi connectivity index (χ3v) is 6.66. The number of nitrogens with two attached hydrogens (primary N) is 1. The van der Waals surface area contributed by atoms with E-state index >= 15 is 0 Å². The van der Waals surface area contributed by atoms with Gasteiger partial charge in [0.1, 0.15) is 5.82 Å². The number of fused-ring (bicyclic) bond motifs is 1. The molecule has 0 bridgehead atoms. The minimum absolute atomic E-state index is 0.433. The summed E-state index contributed by atoms with van der Waals surface area (Å²) in [6.07, 6.45) is 3.87. The Hall–Kier alpha value is -2.87. The van der Waals surface area contributed by atoms with Crippen LogP contribution in [-0.2, 0) is 0 Å². The summed E-state index contributed by atoms with van der Waals surface area (Å²) in [5.74, 6) is 0.985. The molecule has 33 heavy (non-hydrogen) atoms. The molecule has 5 rings (SSSR count). The summed E-state index contributed by atoms with van der Waals surface area (Å²) in [5, 5.41) is 9.68. The molecule has 7 nitrogen and oxygen atoms in total. The SMILES string of the molecule is Nc1c2c(-c3ccccc3)nc(NCCN3CCCCC3)nc2nn1-c1ccc(Cl)c(Cl)c1. The highest BCUT2D eigenvalue weighted by Crippen LogP contribution is 2.33. The predicted octanol–water partition coefficient (Wildman–Crippen LogP) is 5.27. The molecule has 3 N–H and O–H groups in total. The molecule has 0 amide bonds. The van der Waals surface area contributed by atoms with Crippen molar-refractivity contribution in [2.75, 3.05) is 37.2 Å². The summed E-state index contributed by atoms with van der Waals surface area (Å²) < 4.78 is 1.63. The number of nitrogens with one attached hydrogen (secondary N) is 1. The van der Waals surface area contributed by atoms with Crippen LogP contribution in [0.1, 0.15) is 19.3 Å². The Morgan fingerprint density at radius 2 is 1.73 bits per heavy atom. The summed E-state index contributed by atoms with van der Waals surface area (Å²) in [6, 6.07) is 15.2. The van der Waals surface area contributed by atoms with Crippen LogP contribution in [-0.4, -0.2) is 50.8 Å². The molecular formula is C24H25Cl2N7. The zero-order valence-corrected chi connectivity index (χ0v) is 19.6. The summed E-state index contributed by atoms with van der Waals surface area (Å²) in [6.45, 7) is 4.04. The van der Waals surface area contributed by atoms with E-state index in [1.165, 1.54) is 19.3 Å². The van der Waals surface area contributed by atoms with Crippen molar-refractivity contribution in [2.24, 2.45) is 0 Å². The number of anilines is 2. The summed E-state index contributed by atoms with van der Waals surface area (Å²) in [7, 11) is 0. The highest BCUT2D eigenvalue weighted by molar-refractivity contribution is 6.42. The molecule has 170 valence electrons. The van der Waals surface area contributed by atoms with Crippen molar-refractivity contribution in [1.29, 1.82) is 0 Å². The van der Waals surface area contributed by atoms with Gasteiger partial charge in [0.2, 0.25) is 5.95 Å². The van der Waals surface area contributed by atoms with Gasteiger partial charge in [0, 0.05) is 18.7 Å². The van der Waals surface area contributed by atoms with Crippen LogP contribution < -0.4 is 11.1 Å². The van der Waals surface area contributed by atoms with Gasteiger partial charge in [-0.15, -0.1) is 5.10 Å². The smallest absolute Gasteiger partial charge is 0.225 e. The van der Waals surface area contributed by atoms with Crippen molar-refractivity contribution in [3.05, 3.63) is 58.6 Å². The maximum Gasteiger partial charge on any atom is 0.225 e. The second kappa shape index (κ2) is 9.55. The van der Waals surface area contributed by atoms with Gasteiger partial charge in [0.15, 0.2) is 5.65 Å². The molecule has 1 saturated heterocycles. The Morgan fingerprint density at radius 3 is 2.48 bits per heavy atom. The van der Waals surface area contributed by atoms with Crippen molar-refractivity contribution in [3.63, 3.8) is 0 Å². The molecule has 3 heterocycles. The van der Waals surface area contributed by atoms with E-state index in [1.54, 1.807) is 16.8 Å². The Kier molecular flexibility index (Phi) is 6.35. The number of benzene rings is 2. The van der Waals surface area contributed by atoms with Crippen LogP contribution in [0.5, 0.6) is 0 Å². The van der Waals surface area contributed by atoms with E-state index in [2.05, 4.69) is 20.3 Å². The number of nitrogen functional groups attached to an aromatic ring is 1. The third kappa shape index (κ3) is 4.62. The first-order valence-corrected chi connectivity index (χ1v) is 11.9. The lowest BCUT2D eigenvalue weighted by atomic mass is 10.1. The Morgan fingerprint density at radius 1 is 0.939 bits per heavy atom. The number of likely N-dealkylation sites (tertiary alicyclic amines) is 1. The maximum absolute atomic E-state index is 6.56. The third-order valence-electron chi connectivity index (χ3n) is 5.92. The van der Waals surface area contributed by atoms with Crippen LogP contribution in [0.25, 0.3) is 28.0 Å². The first-order chi connectivity index (χ1) is 16.1. The number of nitrogens with zero attached hydrogens (tertiary/aromatic N) is 5. The van der Waals surface area contributed by atoms with Gasteiger partial charge in [-0.3, -0.25) is 0 Å². The predicted molar refractivity (Wildman–Crippen MR) is 135 cm³/mol. The molecule has 1 aliphatic rings. The molecule has 4 aromatic rings. The van der Waals surface area contributed by atoms with E-state index in [4.69, 9.17) is 33.9 Å². The lowest BCUT2D eigenvalue weighted by Crippen LogP contribution is -2.33. The van der Waals surface area contributed by atoms with Crippen molar-refractivity contribution in [3.8, 4) is 16.9 Å². The monoisotopic (exact) mass is 481 g/mol. The second-order valence-corrected chi connectivity index (χ2v) is 9.00. The van der Waals surface area contributed by atoms with E-state index in [0.29, 0.717) is 38.5 Å². The Bertz CT molecular complexity index is 1270. The fraction of sp³-hybridized carbons (Fsp3) is 0.292. The fourth-order valence-electron chi connectivity index (χ4n) is 4.22. The highest BCUT2D eigenvalue weighted by atomic mass is 35.5. The average molecular weight is 482 g/mol. The fourth-order valence-corrected chi connectivity index (χ4v) is 4.51. The lowest BCUT2D eigenvalue weighted by molar-refractivity contribution is 0.237. The molecule has 0 radical (unpaired) electrons. The van der Waals surface area contributed by atoms with Gasteiger partial charge < -0.3 is 16.0 Å². The molecule has 1 fully saturated rings. The molecule has 0 atom stereocenters. The molecular weight excluding hydrogens is 457 g/mol. The minimum atomic E-state index is 0.433. The van der Waals surface area contributed by atoms with Gasteiger partial charge in [-0.1, -0.05) is 60.0 Å². The number of halogens is 2. The van der Waals surface area contributed by atoms with E-state index in [0.717, 1.165) is 37.4 Å². The average Bonchev–Trinajstić information content (AvgIpc) is 3.18. The maximum atomic E-state index is 6.56. The second-order valence-electron chi connectivity index (χ2n) is 8.18. The largest absolute Gasteiger partial charge is 0.383 e. The molecule has 1 aliphatic heterocycles. The van der Waals surface area contributed by atoms with Gasteiger partial charge in [-0.25, -0.2) is 9.67 Å². The molecule has 0 saturated carbocycles. The zero-order valence-electron chi connectivity index (χ0n) is 18.1. The Balaban J connectivity index is 1.53. The normalized spacial score (nSPS) is 14.6. The van der Waals surface area contributed by atoms with Crippen LogP contribution in [0.2, 0.25) is 10.0 Å². The first-order valence-electron chi connectivity index (χ1n) is 11.1. The van der Waals surface area contributed by atoms with Gasteiger partial charge >= 0.3 is 0 Å². The molecule has 2 aromatic heterocycles. The van der Waals surface area contributed by atoms with Crippen LogP contribution in [0.4, 0.5) is 11.8 Å². The summed E-state index contributed by atoms with van der Waals surface area (Å²) in [4.78, 5) is 12.0. The number of aromatic nitrogens is 4. The molecule has 0 unspecified atom stereocenters. The number of hydrogen-bond acceptors (Lipinski definition) is 6. The van der Waals surface area contributed by atoms with E-state index < -0.39 is 0 Å². The quantitative estimate of drug-likeness (QED) is 0.390. The van der Waals surface area contributed by atoms with E-state index in [1.807, 2.05) is 36.4 Å². The number of rotatable bonds is 6. The molecule has 9 heteroatoms. The van der Waals surface area contributed by atoms with Crippen molar-refractivity contribution < 1.29 is 0 Å². The van der Waals surface area contributed by atoms with Crippen LogP contribution in [0.15, 0.2) is 48.5 Å². The van der Waals surface area contributed by atoms with Gasteiger partial charge in [-0.2, -0.15) is 4.98 Å². The minimum Gasteiger partial charge on any atom is -0.383 e. The van der Waals surface area contributed by atoms with Gasteiger partial charge in [-0.05, 0) is 44.1 Å². The van der Waals surface area contributed by atoms with Crippen molar-refractivity contribution >= 4 is 46.0 Å². The Labute approximate surface area is 202 Å². The van der Waals surface area contributed by atoms with E-state index in [-0.39, 0.29) is 0 Å².